The molecule has 0 fully saturated rings. The summed E-state index contributed by atoms with van der Waals surface area (Å²) >= 11 is 6.09. The smallest absolute Gasteiger partial charge is 0.258 e. The number of anilines is 3. The molecule has 2 aromatic carbocycles. The fraction of sp³-hybridized carbons (Fsp3) is 0.150. The Balaban J connectivity index is 1.73. The molecular formula is C20H19ClN4O2. The number of benzene rings is 2. The third-order valence-corrected chi connectivity index (χ3v) is 4.32. The molecule has 138 valence electrons. The molecular weight excluding hydrogens is 364 g/mol. The largest absolute Gasteiger partial charge is 0.495 e. The van der Waals surface area contributed by atoms with Gasteiger partial charge in [0.15, 0.2) is 0 Å². The maximum Gasteiger partial charge on any atom is 0.258 e. The molecule has 1 aromatic heterocycles. The highest BCUT2D eigenvalue weighted by Crippen LogP contribution is 2.31. The highest BCUT2D eigenvalue weighted by molar-refractivity contribution is 6.31. The molecule has 1 amide bonds. The second-order valence-electron chi connectivity index (χ2n) is 6.05. The topological polar surface area (TPSA) is 76.1 Å². The van der Waals surface area contributed by atoms with Gasteiger partial charge in [-0.15, -0.1) is 0 Å². The molecule has 0 bridgehead atoms. The zero-order valence-electron chi connectivity index (χ0n) is 15.2. The number of aryl methyl sites for hydroxylation is 2. The summed E-state index contributed by atoms with van der Waals surface area (Å²) in [6.07, 6.45) is 2.94. The number of carbonyl (C=O) groups excluding carboxylic acids is 1. The lowest BCUT2D eigenvalue weighted by Crippen LogP contribution is -2.14. The molecule has 7 heteroatoms. The maximum atomic E-state index is 12.5. The first-order valence-corrected chi connectivity index (χ1v) is 8.65. The molecule has 2 N–H and O–H groups in total. The number of aromatic nitrogens is 2. The van der Waals surface area contributed by atoms with Crippen LogP contribution in [0.3, 0.4) is 0 Å². The van der Waals surface area contributed by atoms with Gasteiger partial charge in [-0.2, -0.15) is 0 Å². The Morgan fingerprint density at radius 1 is 1.11 bits per heavy atom. The van der Waals surface area contributed by atoms with Gasteiger partial charge in [0.25, 0.3) is 5.91 Å². The van der Waals surface area contributed by atoms with E-state index >= 15 is 0 Å². The van der Waals surface area contributed by atoms with Crippen molar-refractivity contribution in [3.05, 3.63) is 70.5 Å². The van der Waals surface area contributed by atoms with Crippen molar-refractivity contribution >= 4 is 34.8 Å². The zero-order chi connectivity index (χ0) is 19.4. The minimum absolute atomic E-state index is 0.333. The lowest BCUT2D eigenvalue weighted by atomic mass is 10.2. The van der Waals surface area contributed by atoms with Crippen LogP contribution >= 0.6 is 11.6 Å². The van der Waals surface area contributed by atoms with Crippen LogP contribution in [-0.2, 0) is 0 Å². The monoisotopic (exact) mass is 382 g/mol. The normalized spacial score (nSPS) is 10.4. The fourth-order valence-corrected chi connectivity index (χ4v) is 2.64. The molecule has 6 nitrogen and oxygen atoms in total. The first kappa shape index (κ1) is 18.7. The Labute approximate surface area is 162 Å². The van der Waals surface area contributed by atoms with E-state index in [0.29, 0.717) is 28.0 Å². The number of ether oxygens (including phenoxy) is 1. The van der Waals surface area contributed by atoms with E-state index in [1.165, 1.54) is 19.5 Å². The molecule has 0 spiro atoms. The highest BCUT2D eigenvalue weighted by Gasteiger charge is 2.13. The Hall–Kier alpha value is -3.12. The molecule has 0 aliphatic heterocycles. The van der Waals surface area contributed by atoms with Gasteiger partial charge in [-0.25, -0.2) is 9.97 Å². The molecule has 3 rings (SSSR count). The number of carbonyl (C=O) groups is 1. The third-order valence-electron chi connectivity index (χ3n) is 3.92. The number of nitrogens with one attached hydrogen (secondary N) is 2. The summed E-state index contributed by atoms with van der Waals surface area (Å²) in [5, 5.41) is 6.47. The van der Waals surface area contributed by atoms with Crippen molar-refractivity contribution < 1.29 is 9.53 Å². The van der Waals surface area contributed by atoms with Crippen LogP contribution in [0.4, 0.5) is 17.3 Å². The summed E-state index contributed by atoms with van der Waals surface area (Å²) in [6.45, 7) is 3.86. The lowest BCUT2D eigenvalue weighted by molar-refractivity contribution is 0.102. The van der Waals surface area contributed by atoms with Gasteiger partial charge in [0.05, 0.1) is 18.4 Å². The van der Waals surface area contributed by atoms with Crippen LogP contribution in [0.25, 0.3) is 0 Å². The van der Waals surface area contributed by atoms with E-state index in [1.54, 1.807) is 12.1 Å². The van der Waals surface area contributed by atoms with Crippen molar-refractivity contribution in [3.63, 3.8) is 0 Å². The number of halogens is 1. The first-order chi connectivity index (χ1) is 13.0. The second-order valence-corrected chi connectivity index (χ2v) is 6.45. The minimum atomic E-state index is -0.336. The zero-order valence-corrected chi connectivity index (χ0v) is 16.0. The van der Waals surface area contributed by atoms with Gasteiger partial charge >= 0.3 is 0 Å². The van der Waals surface area contributed by atoms with Crippen LogP contribution in [0.1, 0.15) is 21.5 Å². The van der Waals surface area contributed by atoms with E-state index in [0.717, 1.165) is 16.8 Å². The van der Waals surface area contributed by atoms with Crippen LogP contribution < -0.4 is 15.4 Å². The highest BCUT2D eigenvalue weighted by atomic mass is 35.5. The molecule has 0 aliphatic carbocycles. The minimum Gasteiger partial charge on any atom is -0.495 e. The van der Waals surface area contributed by atoms with Crippen molar-refractivity contribution in [2.24, 2.45) is 0 Å². The number of hydrogen-bond donors (Lipinski definition) is 2. The van der Waals surface area contributed by atoms with Gasteiger partial charge in [-0.1, -0.05) is 23.7 Å². The van der Waals surface area contributed by atoms with Gasteiger partial charge in [0.2, 0.25) is 5.95 Å². The van der Waals surface area contributed by atoms with E-state index in [9.17, 15) is 4.79 Å². The van der Waals surface area contributed by atoms with Crippen molar-refractivity contribution in [2.75, 3.05) is 17.7 Å². The summed E-state index contributed by atoms with van der Waals surface area (Å²) < 4.78 is 5.27. The Kier molecular flexibility index (Phi) is 5.57. The standard InChI is InChI=1S/C20H19ClN4O2/c1-12-5-4-6-15(7-12)24-20-22-10-14(11-23-20)19(26)25-17-8-13(2)16(21)9-18(17)27-3/h4-11H,1-3H3,(H,25,26)(H,22,23,24). The predicted octanol–water partition coefficient (Wildman–Crippen LogP) is 4.75. The summed E-state index contributed by atoms with van der Waals surface area (Å²) in [7, 11) is 1.52. The third kappa shape index (κ3) is 4.54. The number of rotatable bonds is 5. The SMILES string of the molecule is COc1cc(Cl)c(C)cc1NC(=O)c1cnc(Nc2cccc(C)c2)nc1. The number of amides is 1. The Morgan fingerprint density at radius 2 is 1.85 bits per heavy atom. The summed E-state index contributed by atoms with van der Waals surface area (Å²) in [4.78, 5) is 20.9. The van der Waals surface area contributed by atoms with E-state index < -0.39 is 0 Å². The van der Waals surface area contributed by atoms with Crippen LogP contribution in [0.15, 0.2) is 48.8 Å². The van der Waals surface area contributed by atoms with Gasteiger partial charge < -0.3 is 15.4 Å². The number of nitrogens with zero attached hydrogens (tertiary/aromatic N) is 2. The summed E-state index contributed by atoms with van der Waals surface area (Å²) in [5.74, 6) is 0.562. The second kappa shape index (κ2) is 8.05. The molecule has 27 heavy (non-hydrogen) atoms. The molecule has 0 aliphatic rings. The molecule has 3 aromatic rings. The van der Waals surface area contributed by atoms with Crippen LogP contribution in [0.5, 0.6) is 5.75 Å². The quantitative estimate of drug-likeness (QED) is 0.665. The molecule has 0 atom stereocenters. The molecule has 0 radical (unpaired) electrons. The average molecular weight is 383 g/mol. The first-order valence-electron chi connectivity index (χ1n) is 8.27. The van der Waals surface area contributed by atoms with Crippen LogP contribution in [-0.4, -0.2) is 23.0 Å². The van der Waals surface area contributed by atoms with Gasteiger partial charge in [-0.05, 0) is 43.2 Å². The number of hydrogen-bond acceptors (Lipinski definition) is 5. The lowest BCUT2D eigenvalue weighted by Gasteiger charge is -2.12. The molecule has 1 heterocycles. The van der Waals surface area contributed by atoms with E-state index in [2.05, 4.69) is 20.6 Å². The Bertz CT molecular complexity index is 974. The summed E-state index contributed by atoms with van der Waals surface area (Å²) in [6, 6.07) is 11.3. The molecule has 0 saturated heterocycles. The van der Waals surface area contributed by atoms with Gasteiger partial charge in [0.1, 0.15) is 5.75 Å². The Morgan fingerprint density at radius 3 is 2.52 bits per heavy atom. The molecule has 0 saturated carbocycles. The van der Waals surface area contributed by atoms with E-state index in [1.807, 2.05) is 38.1 Å². The molecule has 0 unspecified atom stereocenters. The van der Waals surface area contributed by atoms with Crippen LogP contribution in [0.2, 0.25) is 5.02 Å². The van der Waals surface area contributed by atoms with Crippen molar-refractivity contribution in [3.8, 4) is 5.75 Å². The van der Waals surface area contributed by atoms with E-state index in [4.69, 9.17) is 16.3 Å². The van der Waals surface area contributed by atoms with Gasteiger partial charge in [-0.3, -0.25) is 4.79 Å². The maximum absolute atomic E-state index is 12.5. The van der Waals surface area contributed by atoms with Gasteiger partial charge in [0, 0.05) is 29.2 Å². The number of methoxy groups -OCH3 is 1. The van der Waals surface area contributed by atoms with E-state index in [-0.39, 0.29) is 5.91 Å². The fourth-order valence-electron chi connectivity index (χ4n) is 2.49. The predicted molar refractivity (Wildman–Crippen MR) is 107 cm³/mol. The average Bonchev–Trinajstić information content (AvgIpc) is 2.65. The summed E-state index contributed by atoms with van der Waals surface area (Å²) in [5.41, 5.74) is 3.71. The van der Waals surface area contributed by atoms with Crippen LogP contribution in [0, 0.1) is 13.8 Å². The van der Waals surface area contributed by atoms with Crippen molar-refractivity contribution in [1.29, 1.82) is 0 Å². The van der Waals surface area contributed by atoms with Crippen molar-refractivity contribution in [2.45, 2.75) is 13.8 Å². The van der Waals surface area contributed by atoms with Crippen molar-refractivity contribution in [1.82, 2.24) is 9.97 Å².